The molecule has 1 atom stereocenters. The summed E-state index contributed by atoms with van der Waals surface area (Å²) in [7, 11) is 0. The number of carbonyl (C=O) groups is 2. The Morgan fingerprint density at radius 3 is 2.89 bits per heavy atom. The second-order valence-corrected chi connectivity index (χ2v) is 4.97. The van der Waals surface area contributed by atoms with Gasteiger partial charge >= 0.3 is 0 Å². The van der Waals surface area contributed by atoms with E-state index in [4.69, 9.17) is 10.5 Å². The van der Waals surface area contributed by atoms with E-state index in [1.54, 1.807) is 28.9 Å². The molecule has 0 aliphatic carbocycles. The van der Waals surface area contributed by atoms with Crippen molar-refractivity contribution in [3.05, 3.63) is 18.0 Å². The third-order valence-corrected chi connectivity index (χ3v) is 3.21. The Morgan fingerprint density at radius 1 is 1.58 bits per heavy atom. The zero-order valence-corrected chi connectivity index (χ0v) is 11.1. The van der Waals surface area contributed by atoms with Gasteiger partial charge in [0.2, 0.25) is 5.91 Å². The minimum atomic E-state index is -1.10. The number of ether oxygens (including phenoxy) is 1. The molecule has 2 N–H and O–H groups in total. The molecule has 2 rings (SSSR count). The molecule has 0 saturated carbocycles. The topological polar surface area (TPSA) is 90.4 Å². The number of aryl methyl sites for hydroxylation is 1. The predicted molar refractivity (Wildman–Crippen MR) is 67.1 cm³/mol. The molecule has 104 valence electrons. The summed E-state index contributed by atoms with van der Waals surface area (Å²) in [6.45, 7) is 4.62. The van der Waals surface area contributed by atoms with Gasteiger partial charge in [-0.1, -0.05) is 0 Å². The molecule has 1 aromatic rings. The molecular weight excluding hydrogens is 248 g/mol. The zero-order valence-electron chi connectivity index (χ0n) is 11.1. The summed E-state index contributed by atoms with van der Waals surface area (Å²) in [5.74, 6) is -0.654. The maximum Gasteiger partial charge on any atom is 0.251 e. The maximum absolute atomic E-state index is 12.1. The van der Waals surface area contributed by atoms with E-state index in [-0.39, 0.29) is 19.0 Å². The average molecular weight is 266 g/mol. The van der Waals surface area contributed by atoms with Crippen LogP contribution in [-0.2, 0) is 20.9 Å². The standard InChI is InChI=1S/C12H18N4O3/c1-9-5-14-16(6-9)7-10(17)15-3-4-19-12(2,8-15)11(13)18/h5-6H,3-4,7-8H2,1-2H3,(H2,13,18)/t12-/m0/s1. The van der Waals surface area contributed by atoms with Crippen molar-refractivity contribution in [1.29, 1.82) is 0 Å². The molecule has 1 aliphatic rings. The minimum absolute atomic E-state index is 0.0983. The van der Waals surface area contributed by atoms with Gasteiger partial charge in [-0.15, -0.1) is 0 Å². The van der Waals surface area contributed by atoms with Gasteiger partial charge in [-0.25, -0.2) is 0 Å². The van der Waals surface area contributed by atoms with Gasteiger partial charge in [-0.3, -0.25) is 14.3 Å². The van der Waals surface area contributed by atoms with Crippen LogP contribution >= 0.6 is 0 Å². The lowest BCUT2D eigenvalue weighted by Gasteiger charge is -2.38. The highest BCUT2D eigenvalue weighted by Gasteiger charge is 2.39. The number of hydrogen-bond acceptors (Lipinski definition) is 4. The number of carbonyl (C=O) groups excluding carboxylic acids is 2. The summed E-state index contributed by atoms with van der Waals surface area (Å²) in [5, 5.41) is 4.07. The number of nitrogens with zero attached hydrogens (tertiary/aromatic N) is 3. The van der Waals surface area contributed by atoms with Gasteiger partial charge < -0.3 is 15.4 Å². The first-order valence-corrected chi connectivity index (χ1v) is 6.11. The molecule has 2 amide bonds. The fourth-order valence-electron chi connectivity index (χ4n) is 2.02. The highest BCUT2D eigenvalue weighted by atomic mass is 16.5. The molecule has 1 fully saturated rings. The highest BCUT2D eigenvalue weighted by molar-refractivity contribution is 5.85. The van der Waals surface area contributed by atoms with Crippen LogP contribution in [0.15, 0.2) is 12.4 Å². The smallest absolute Gasteiger partial charge is 0.251 e. The molecule has 1 saturated heterocycles. The number of primary amides is 1. The molecule has 0 bridgehead atoms. The molecule has 2 heterocycles. The van der Waals surface area contributed by atoms with E-state index < -0.39 is 11.5 Å². The van der Waals surface area contributed by atoms with Crippen LogP contribution in [0.4, 0.5) is 0 Å². The molecule has 7 heteroatoms. The van der Waals surface area contributed by atoms with E-state index in [2.05, 4.69) is 5.10 Å². The quantitative estimate of drug-likeness (QED) is 0.783. The Morgan fingerprint density at radius 2 is 2.32 bits per heavy atom. The van der Waals surface area contributed by atoms with Crippen LogP contribution in [0.2, 0.25) is 0 Å². The Hall–Kier alpha value is -1.89. The van der Waals surface area contributed by atoms with E-state index in [1.807, 2.05) is 6.92 Å². The van der Waals surface area contributed by atoms with E-state index in [1.165, 1.54) is 0 Å². The maximum atomic E-state index is 12.1. The molecule has 0 radical (unpaired) electrons. The minimum Gasteiger partial charge on any atom is -0.367 e. The number of rotatable bonds is 3. The SMILES string of the molecule is Cc1cnn(CC(=O)N2CCO[C@](C)(C(N)=O)C2)c1. The summed E-state index contributed by atoms with van der Waals surface area (Å²) in [6, 6.07) is 0. The van der Waals surface area contributed by atoms with Crippen molar-refractivity contribution in [2.75, 3.05) is 19.7 Å². The fourth-order valence-corrected chi connectivity index (χ4v) is 2.02. The average Bonchev–Trinajstić information content (AvgIpc) is 2.74. The van der Waals surface area contributed by atoms with Crippen molar-refractivity contribution in [2.45, 2.75) is 26.0 Å². The van der Waals surface area contributed by atoms with Gasteiger partial charge in [0.1, 0.15) is 6.54 Å². The number of hydrogen-bond donors (Lipinski definition) is 1. The molecule has 1 aromatic heterocycles. The molecule has 0 unspecified atom stereocenters. The summed E-state index contributed by atoms with van der Waals surface area (Å²) in [5.41, 5.74) is 5.19. The van der Waals surface area contributed by atoms with Gasteiger partial charge in [0.25, 0.3) is 5.91 Å². The van der Waals surface area contributed by atoms with Crippen LogP contribution in [0.1, 0.15) is 12.5 Å². The van der Waals surface area contributed by atoms with E-state index in [0.29, 0.717) is 13.2 Å². The van der Waals surface area contributed by atoms with Gasteiger partial charge in [-0.2, -0.15) is 5.10 Å². The van der Waals surface area contributed by atoms with Crippen molar-refractivity contribution in [1.82, 2.24) is 14.7 Å². The predicted octanol–water partition coefficient (Wildman–Crippen LogP) is -0.706. The molecular formula is C12H18N4O3. The van der Waals surface area contributed by atoms with Crippen LogP contribution in [0.3, 0.4) is 0 Å². The second kappa shape index (κ2) is 5.00. The molecule has 19 heavy (non-hydrogen) atoms. The number of morpholine rings is 1. The van der Waals surface area contributed by atoms with Crippen LogP contribution in [0.25, 0.3) is 0 Å². The summed E-state index contributed by atoms with van der Waals surface area (Å²) < 4.78 is 6.95. The first-order chi connectivity index (χ1) is 8.90. The van der Waals surface area contributed by atoms with Crippen molar-refractivity contribution in [3.8, 4) is 0 Å². The second-order valence-electron chi connectivity index (χ2n) is 4.97. The molecule has 7 nitrogen and oxygen atoms in total. The van der Waals surface area contributed by atoms with E-state index >= 15 is 0 Å². The molecule has 1 aliphatic heterocycles. The Kier molecular flexibility index (Phi) is 3.57. The zero-order chi connectivity index (χ0) is 14.0. The number of amides is 2. The van der Waals surface area contributed by atoms with E-state index in [0.717, 1.165) is 5.56 Å². The molecule has 0 aromatic carbocycles. The molecule has 0 spiro atoms. The monoisotopic (exact) mass is 266 g/mol. The van der Waals surface area contributed by atoms with Crippen LogP contribution in [0, 0.1) is 6.92 Å². The van der Waals surface area contributed by atoms with Gasteiger partial charge in [-0.05, 0) is 19.4 Å². The Balaban J connectivity index is 2.01. The third kappa shape index (κ3) is 2.93. The number of aromatic nitrogens is 2. The van der Waals surface area contributed by atoms with Crippen LogP contribution in [-0.4, -0.2) is 51.8 Å². The normalized spacial score (nSPS) is 23.4. The van der Waals surface area contributed by atoms with Gasteiger partial charge in [0.15, 0.2) is 5.60 Å². The third-order valence-electron chi connectivity index (χ3n) is 3.21. The van der Waals surface area contributed by atoms with Crippen molar-refractivity contribution in [3.63, 3.8) is 0 Å². The number of nitrogens with two attached hydrogens (primary N) is 1. The summed E-state index contributed by atoms with van der Waals surface area (Å²) in [6.07, 6.45) is 3.49. The first kappa shape index (κ1) is 13.5. The summed E-state index contributed by atoms with van der Waals surface area (Å²) >= 11 is 0. The lowest BCUT2D eigenvalue weighted by atomic mass is 10.0. The van der Waals surface area contributed by atoms with Crippen LogP contribution < -0.4 is 5.73 Å². The first-order valence-electron chi connectivity index (χ1n) is 6.11. The van der Waals surface area contributed by atoms with E-state index in [9.17, 15) is 9.59 Å². The lowest BCUT2D eigenvalue weighted by molar-refractivity contribution is -0.160. The highest BCUT2D eigenvalue weighted by Crippen LogP contribution is 2.17. The fraction of sp³-hybridized carbons (Fsp3) is 0.583. The largest absolute Gasteiger partial charge is 0.367 e. The van der Waals surface area contributed by atoms with Crippen molar-refractivity contribution >= 4 is 11.8 Å². The Labute approximate surface area is 111 Å². The van der Waals surface area contributed by atoms with Gasteiger partial charge in [0, 0.05) is 12.7 Å². The summed E-state index contributed by atoms with van der Waals surface area (Å²) in [4.78, 5) is 25.1. The Bertz CT molecular complexity index is 499. The van der Waals surface area contributed by atoms with Crippen LogP contribution in [0.5, 0.6) is 0 Å². The van der Waals surface area contributed by atoms with Crippen molar-refractivity contribution in [2.24, 2.45) is 5.73 Å². The van der Waals surface area contributed by atoms with Gasteiger partial charge in [0.05, 0.1) is 19.3 Å². The lowest BCUT2D eigenvalue weighted by Crippen LogP contribution is -2.58. The van der Waals surface area contributed by atoms with Crippen molar-refractivity contribution < 1.29 is 14.3 Å².